The lowest BCUT2D eigenvalue weighted by Gasteiger charge is -2.11. The van der Waals surface area contributed by atoms with Gasteiger partial charge >= 0.3 is 0 Å². The second kappa shape index (κ2) is 11.1. The lowest BCUT2D eigenvalue weighted by atomic mass is 10.3. The third-order valence-electron chi connectivity index (χ3n) is 3.74. The summed E-state index contributed by atoms with van der Waals surface area (Å²) >= 11 is 0. The molecule has 7 nitrogen and oxygen atoms in total. The first-order valence-corrected chi connectivity index (χ1v) is 8.94. The standard InChI is InChI=1S/C18H28N6O/c1-2-19-18(21-11-7-15-24-16-8-12-22-24)20-10-4-6-14-23-13-5-3-9-17(23)25/h3,5,8-9,12-13,16H,2,4,6-7,10-11,14-15H2,1H3,(H2,19,20,21). The Labute approximate surface area is 148 Å². The highest BCUT2D eigenvalue weighted by Gasteiger charge is 1.98. The maximum absolute atomic E-state index is 11.6. The van der Waals surface area contributed by atoms with Crippen LogP contribution < -0.4 is 16.2 Å². The fourth-order valence-electron chi connectivity index (χ4n) is 2.46. The first kappa shape index (κ1) is 18.8. The van der Waals surface area contributed by atoms with E-state index in [-0.39, 0.29) is 5.56 Å². The van der Waals surface area contributed by atoms with Crippen LogP contribution in [0, 0.1) is 0 Å². The second-order valence-corrected chi connectivity index (χ2v) is 5.75. The summed E-state index contributed by atoms with van der Waals surface area (Å²) in [4.78, 5) is 16.2. The molecule has 0 saturated heterocycles. The van der Waals surface area contributed by atoms with Gasteiger partial charge in [-0.1, -0.05) is 6.07 Å². The number of rotatable bonds is 10. The Balaban J connectivity index is 1.63. The Kier molecular flexibility index (Phi) is 8.31. The third kappa shape index (κ3) is 7.24. The van der Waals surface area contributed by atoms with Gasteiger partial charge in [0.2, 0.25) is 5.56 Å². The van der Waals surface area contributed by atoms with Gasteiger partial charge in [0.15, 0.2) is 5.96 Å². The van der Waals surface area contributed by atoms with E-state index in [0.29, 0.717) is 0 Å². The molecule has 0 fully saturated rings. The summed E-state index contributed by atoms with van der Waals surface area (Å²) in [7, 11) is 0. The molecule has 7 heteroatoms. The highest BCUT2D eigenvalue weighted by Crippen LogP contribution is 1.93. The molecule has 0 saturated carbocycles. The number of aliphatic imine (C=N–C) groups is 1. The lowest BCUT2D eigenvalue weighted by molar-refractivity contribution is 0.578. The minimum absolute atomic E-state index is 0.0579. The number of nitrogens with one attached hydrogen (secondary N) is 2. The van der Waals surface area contributed by atoms with Crippen LogP contribution in [-0.2, 0) is 13.1 Å². The predicted molar refractivity (Wildman–Crippen MR) is 101 cm³/mol. The summed E-state index contributed by atoms with van der Waals surface area (Å²) in [6, 6.07) is 7.18. The van der Waals surface area contributed by atoms with E-state index in [0.717, 1.165) is 57.9 Å². The fraction of sp³-hybridized carbons (Fsp3) is 0.500. The molecule has 0 aliphatic rings. The number of hydrogen-bond donors (Lipinski definition) is 2. The molecule has 2 aromatic rings. The first-order valence-electron chi connectivity index (χ1n) is 8.94. The van der Waals surface area contributed by atoms with Crippen molar-refractivity contribution >= 4 is 5.96 Å². The molecule has 136 valence electrons. The normalized spacial score (nSPS) is 11.5. The van der Waals surface area contributed by atoms with Gasteiger partial charge in [-0.05, 0) is 38.3 Å². The molecule has 0 amide bonds. The Morgan fingerprint density at radius 3 is 2.80 bits per heavy atom. The third-order valence-corrected chi connectivity index (χ3v) is 3.74. The summed E-state index contributed by atoms with van der Waals surface area (Å²) < 4.78 is 3.66. The molecule has 2 aromatic heterocycles. The van der Waals surface area contributed by atoms with Crippen molar-refractivity contribution in [3.8, 4) is 0 Å². The van der Waals surface area contributed by atoms with Gasteiger partial charge in [-0.25, -0.2) is 0 Å². The summed E-state index contributed by atoms with van der Waals surface area (Å²) in [5.74, 6) is 0.847. The Bertz CT molecular complexity index is 677. The molecule has 0 bridgehead atoms. The summed E-state index contributed by atoms with van der Waals surface area (Å²) in [5, 5.41) is 10.8. The number of hydrogen-bond acceptors (Lipinski definition) is 3. The van der Waals surface area contributed by atoms with Crippen molar-refractivity contribution in [2.45, 2.75) is 39.3 Å². The minimum Gasteiger partial charge on any atom is -0.357 e. The maximum Gasteiger partial charge on any atom is 0.250 e. The van der Waals surface area contributed by atoms with Crippen molar-refractivity contribution in [1.82, 2.24) is 25.0 Å². The van der Waals surface area contributed by atoms with Crippen molar-refractivity contribution in [2.24, 2.45) is 4.99 Å². The van der Waals surface area contributed by atoms with Gasteiger partial charge in [-0.3, -0.25) is 14.5 Å². The molecule has 2 heterocycles. The van der Waals surface area contributed by atoms with Crippen LogP contribution in [0.2, 0.25) is 0 Å². The van der Waals surface area contributed by atoms with Gasteiger partial charge in [0.25, 0.3) is 0 Å². The number of aryl methyl sites for hydroxylation is 2. The van der Waals surface area contributed by atoms with Crippen LogP contribution in [0.1, 0.15) is 26.2 Å². The van der Waals surface area contributed by atoms with E-state index in [2.05, 4.69) is 27.6 Å². The van der Waals surface area contributed by atoms with Crippen molar-refractivity contribution in [3.63, 3.8) is 0 Å². The summed E-state index contributed by atoms with van der Waals surface area (Å²) in [6.45, 7) is 6.12. The van der Waals surface area contributed by atoms with Crippen LogP contribution >= 0.6 is 0 Å². The van der Waals surface area contributed by atoms with Gasteiger partial charge in [0.05, 0.1) is 0 Å². The highest BCUT2D eigenvalue weighted by molar-refractivity contribution is 5.79. The Morgan fingerprint density at radius 1 is 1.12 bits per heavy atom. The van der Waals surface area contributed by atoms with E-state index in [1.54, 1.807) is 22.9 Å². The largest absolute Gasteiger partial charge is 0.357 e. The van der Waals surface area contributed by atoms with Gasteiger partial charge < -0.3 is 15.2 Å². The average Bonchev–Trinajstić information content (AvgIpc) is 3.13. The lowest BCUT2D eigenvalue weighted by Crippen LogP contribution is -2.38. The molecule has 0 atom stereocenters. The number of unbranched alkanes of at least 4 members (excludes halogenated alkanes) is 1. The van der Waals surface area contributed by atoms with Crippen LogP contribution in [0.3, 0.4) is 0 Å². The summed E-state index contributed by atoms with van der Waals surface area (Å²) in [6.07, 6.45) is 8.48. The zero-order chi connectivity index (χ0) is 17.7. The molecular weight excluding hydrogens is 316 g/mol. The van der Waals surface area contributed by atoms with Gasteiger partial charge in [-0.15, -0.1) is 0 Å². The number of aromatic nitrogens is 3. The van der Waals surface area contributed by atoms with Crippen LogP contribution in [0.5, 0.6) is 0 Å². The number of pyridine rings is 1. The molecule has 0 radical (unpaired) electrons. The SMILES string of the molecule is CCNC(=NCCCn1cccn1)NCCCCn1ccccc1=O. The van der Waals surface area contributed by atoms with Gasteiger partial charge in [0, 0.05) is 57.4 Å². The first-order chi connectivity index (χ1) is 12.3. The van der Waals surface area contributed by atoms with Crippen molar-refractivity contribution < 1.29 is 0 Å². The molecular formula is C18H28N6O. The van der Waals surface area contributed by atoms with Gasteiger partial charge in [-0.2, -0.15) is 5.10 Å². The smallest absolute Gasteiger partial charge is 0.250 e. The van der Waals surface area contributed by atoms with Crippen LogP contribution in [0.15, 0.2) is 52.6 Å². The van der Waals surface area contributed by atoms with Crippen LogP contribution in [-0.4, -0.2) is 39.9 Å². The molecule has 2 N–H and O–H groups in total. The van der Waals surface area contributed by atoms with E-state index >= 15 is 0 Å². The molecule has 0 aliphatic carbocycles. The second-order valence-electron chi connectivity index (χ2n) is 5.75. The predicted octanol–water partition coefficient (Wildman–Crippen LogP) is 1.47. The van der Waals surface area contributed by atoms with Gasteiger partial charge in [0.1, 0.15) is 0 Å². The van der Waals surface area contributed by atoms with E-state index < -0.39 is 0 Å². The maximum atomic E-state index is 11.6. The van der Waals surface area contributed by atoms with Crippen LogP contribution in [0.25, 0.3) is 0 Å². The Hall–Kier alpha value is -2.57. The quantitative estimate of drug-likeness (QED) is 0.389. The Morgan fingerprint density at radius 2 is 2.04 bits per heavy atom. The number of guanidine groups is 1. The van der Waals surface area contributed by atoms with E-state index in [9.17, 15) is 4.79 Å². The minimum atomic E-state index is 0.0579. The zero-order valence-electron chi connectivity index (χ0n) is 14.9. The topological polar surface area (TPSA) is 76.2 Å². The van der Waals surface area contributed by atoms with E-state index in [1.807, 2.05) is 29.2 Å². The molecule has 0 aliphatic heterocycles. The van der Waals surface area contributed by atoms with Crippen molar-refractivity contribution in [2.75, 3.05) is 19.6 Å². The zero-order valence-corrected chi connectivity index (χ0v) is 14.9. The molecule has 2 rings (SSSR count). The number of nitrogens with zero attached hydrogens (tertiary/aromatic N) is 4. The van der Waals surface area contributed by atoms with Crippen LogP contribution in [0.4, 0.5) is 0 Å². The van der Waals surface area contributed by atoms with Crippen molar-refractivity contribution in [3.05, 3.63) is 53.2 Å². The fourth-order valence-corrected chi connectivity index (χ4v) is 2.46. The van der Waals surface area contributed by atoms with E-state index in [1.165, 1.54) is 0 Å². The molecule has 0 unspecified atom stereocenters. The van der Waals surface area contributed by atoms with E-state index in [4.69, 9.17) is 0 Å². The highest BCUT2D eigenvalue weighted by atomic mass is 16.1. The molecule has 0 spiro atoms. The monoisotopic (exact) mass is 344 g/mol. The average molecular weight is 344 g/mol. The van der Waals surface area contributed by atoms with Crippen molar-refractivity contribution in [1.29, 1.82) is 0 Å². The summed E-state index contributed by atoms with van der Waals surface area (Å²) in [5.41, 5.74) is 0.0579. The molecule has 25 heavy (non-hydrogen) atoms. The molecule has 0 aromatic carbocycles.